The summed E-state index contributed by atoms with van der Waals surface area (Å²) in [6.45, 7) is 5.09. The molecule has 2 N–H and O–H groups in total. The Kier molecular flexibility index (Phi) is 5.49. The Labute approximate surface area is 129 Å². The molecule has 0 unspecified atom stereocenters. The van der Waals surface area contributed by atoms with Crippen LogP contribution in [-0.2, 0) is 0 Å². The van der Waals surface area contributed by atoms with E-state index in [0.29, 0.717) is 5.11 Å². The Morgan fingerprint density at radius 1 is 1.40 bits per heavy atom. The van der Waals surface area contributed by atoms with E-state index in [2.05, 4.69) is 40.1 Å². The van der Waals surface area contributed by atoms with Crippen molar-refractivity contribution in [2.75, 3.05) is 11.9 Å². The lowest BCUT2D eigenvalue weighted by Crippen LogP contribution is -2.29. The van der Waals surface area contributed by atoms with Crippen molar-refractivity contribution in [2.24, 2.45) is 0 Å². The van der Waals surface area contributed by atoms with Crippen molar-refractivity contribution in [2.45, 2.75) is 26.7 Å². The first kappa shape index (κ1) is 14.9. The third kappa shape index (κ3) is 4.28. The maximum absolute atomic E-state index is 5.28. The van der Waals surface area contributed by atoms with Crippen molar-refractivity contribution in [3.05, 3.63) is 34.7 Å². The van der Waals surface area contributed by atoms with Gasteiger partial charge in [0, 0.05) is 23.2 Å². The van der Waals surface area contributed by atoms with Crippen LogP contribution in [0.5, 0.6) is 0 Å². The fraction of sp³-hybridized carbons (Fsp3) is 0.333. The first-order chi connectivity index (χ1) is 9.69. The molecule has 0 fully saturated rings. The second-order valence-corrected chi connectivity index (χ2v) is 6.04. The highest BCUT2D eigenvalue weighted by molar-refractivity contribution is 7.80. The van der Waals surface area contributed by atoms with Crippen LogP contribution < -0.4 is 10.6 Å². The molecule has 0 aliphatic carbocycles. The number of hydrogen-bond acceptors (Lipinski definition) is 3. The van der Waals surface area contributed by atoms with Crippen molar-refractivity contribution in [3.63, 3.8) is 0 Å². The fourth-order valence-electron chi connectivity index (χ4n) is 1.81. The van der Waals surface area contributed by atoms with Crippen LogP contribution in [0.4, 0.5) is 5.69 Å². The van der Waals surface area contributed by atoms with Crippen LogP contribution in [0, 0.1) is 6.92 Å². The summed E-state index contributed by atoms with van der Waals surface area (Å²) >= 11 is 6.94. The lowest BCUT2D eigenvalue weighted by atomic mass is 10.1. The summed E-state index contributed by atoms with van der Waals surface area (Å²) in [5.74, 6) is 0. The molecule has 3 nitrogen and oxygen atoms in total. The van der Waals surface area contributed by atoms with Gasteiger partial charge < -0.3 is 10.6 Å². The fourth-order valence-corrected chi connectivity index (χ4v) is 2.65. The van der Waals surface area contributed by atoms with Crippen LogP contribution in [0.1, 0.15) is 24.8 Å². The third-order valence-electron chi connectivity index (χ3n) is 2.85. The largest absolute Gasteiger partial charge is 0.362 e. The van der Waals surface area contributed by atoms with Gasteiger partial charge in [-0.2, -0.15) is 0 Å². The molecule has 0 atom stereocenters. The van der Waals surface area contributed by atoms with E-state index in [4.69, 9.17) is 12.2 Å². The molecule has 20 heavy (non-hydrogen) atoms. The Morgan fingerprint density at radius 3 is 2.95 bits per heavy atom. The third-order valence-corrected chi connectivity index (χ3v) is 3.87. The molecule has 0 aliphatic rings. The summed E-state index contributed by atoms with van der Waals surface area (Å²) in [6.07, 6.45) is 2.29. The van der Waals surface area contributed by atoms with Gasteiger partial charge in [0.2, 0.25) is 0 Å². The maximum atomic E-state index is 5.28. The van der Waals surface area contributed by atoms with Gasteiger partial charge in [-0.15, -0.1) is 11.3 Å². The van der Waals surface area contributed by atoms with Crippen molar-refractivity contribution in [1.82, 2.24) is 10.3 Å². The second-order valence-electron chi connectivity index (χ2n) is 4.57. The highest BCUT2D eigenvalue weighted by Gasteiger charge is 2.04. The van der Waals surface area contributed by atoms with Gasteiger partial charge in [-0.3, -0.25) is 0 Å². The molecule has 0 saturated carbocycles. The normalized spacial score (nSPS) is 10.3. The molecule has 2 aromatic rings. The number of rotatable bonds is 5. The number of aromatic nitrogens is 1. The summed E-state index contributed by atoms with van der Waals surface area (Å²) < 4.78 is 0. The summed E-state index contributed by atoms with van der Waals surface area (Å²) in [7, 11) is 0. The Morgan fingerprint density at radius 2 is 2.25 bits per heavy atom. The summed E-state index contributed by atoms with van der Waals surface area (Å²) in [5.41, 5.74) is 3.11. The number of unbranched alkanes of at least 4 members (excludes halogenated alkanes) is 1. The van der Waals surface area contributed by atoms with E-state index in [0.717, 1.165) is 41.3 Å². The number of hydrogen-bond donors (Lipinski definition) is 2. The lowest BCUT2D eigenvalue weighted by Gasteiger charge is -2.10. The van der Waals surface area contributed by atoms with Gasteiger partial charge in [0.1, 0.15) is 0 Å². The number of aryl methyl sites for hydroxylation is 1. The van der Waals surface area contributed by atoms with Crippen LogP contribution in [0.15, 0.2) is 29.6 Å². The van der Waals surface area contributed by atoms with Gasteiger partial charge >= 0.3 is 0 Å². The zero-order valence-corrected chi connectivity index (χ0v) is 13.4. The van der Waals surface area contributed by atoms with Crippen molar-refractivity contribution in [3.8, 4) is 11.3 Å². The van der Waals surface area contributed by atoms with Gasteiger partial charge in [-0.05, 0) is 37.7 Å². The van der Waals surface area contributed by atoms with Gasteiger partial charge in [0.15, 0.2) is 5.11 Å². The van der Waals surface area contributed by atoms with Crippen LogP contribution in [0.2, 0.25) is 0 Å². The molecular formula is C15H19N3S2. The molecule has 0 saturated heterocycles. The number of thiazole rings is 1. The smallest absolute Gasteiger partial charge is 0.170 e. The van der Waals surface area contributed by atoms with E-state index in [1.165, 1.54) is 0 Å². The van der Waals surface area contributed by atoms with E-state index in [1.807, 2.05) is 19.1 Å². The van der Waals surface area contributed by atoms with Crippen molar-refractivity contribution >= 4 is 34.4 Å². The summed E-state index contributed by atoms with van der Waals surface area (Å²) in [5, 5.41) is 10.2. The van der Waals surface area contributed by atoms with Gasteiger partial charge in [-0.25, -0.2) is 4.98 Å². The molecule has 1 heterocycles. The van der Waals surface area contributed by atoms with E-state index in [9.17, 15) is 0 Å². The van der Waals surface area contributed by atoms with E-state index < -0.39 is 0 Å². The zero-order chi connectivity index (χ0) is 14.4. The SMILES string of the molecule is CCCCNC(=S)Nc1cccc(-c2csc(C)n2)c1. The van der Waals surface area contributed by atoms with E-state index in [1.54, 1.807) is 11.3 Å². The number of nitrogens with one attached hydrogen (secondary N) is 2. The van der Waals surface area contributed by atoms with Gasteiger partial charge in [0.05, 0.1) is 10.7 Å². The number of nitrogens with zero attached hydrogens (tertiary/aromatic N) is 1. The van der Waals surface area contributed by atoms with E-state index in [-0.39, 0.29) is 0 Å². The number of benzene rings is 1. The quantitative estimate of drug-likeness (QED) is 0.641. The lowest BCUT2D eigenvalue weighted by molar-refractivity contribution is 0.758. The minimum atomic E-state index is 0.671. The average molecular weight is 305 g/mol. The highest BCUT2D eigenvalue weighted by Crippen LogP contribution is 2.24. The highest BCUT2D eigenvalue weighted by atomic mass is 32.1. The molecule has 1 aromatic heterocycles. The number of anilines is 1. The molecule has 5 heteroatoms. The Balaban J connectivity index is 2.01. The molecular weight excluding hydrogens is 286 g/mol. The number of thiocarbonyl (C=S) groups is 1. The van der Waals surface area contributed by atoms with Crippen LogP contribution in [0.3, 0.4) is 0 Å². The average Bonchev–Trinajstić information content (AvgIpc) is 2.86. The maximum Gasteiger partial charge on any atom is 0.170 e. The zero-order valence-electron chi connectivity index (χ0n) is 11.8. The predicted molar refractivity (Wildman–Crippen MR) is 91.4 cm³/mol. The Bertz CT molecular complexity index is 578. The van der Waals surface area contributed by atoms with E-state index >= 15 is 0 Å². The first-order valence-corrected chi connectivity index (χ1v) is 8.05. The summed E-state index contributed by atoms with van der Waals surface area (Å²) in [4.78, 5) is 4.50. The van der Waals surface area contributed by atoms with Crippen LogP contribution in [-0.4, -0.2) is 16.6 Å². The monoisotopic (exact) mass is 305 g/mol. The molecule has 0 amide bonds. The standard InChI is InChI=1S/C15H19N3S2/c1-3-4-8-16-15(19)18-13-7-5-6-12(9-13)14-10-20-11(2)17-14/h5-7,9-10H,3-4,8H2,1-2H3,(H2,16,18,19). The summed E-state index contributed by atoms with van der Waals surface area (Å²) in [6, 6.07) is 8.16. The molecule has 106 valence electrons. The van der Waals surface area contributed by atoms with Crippen molar-refractivity contribution < 1.29 is 0 Å². The minimum absolute atomic E-state index is 0.671. The van der Waals surface area contributed by atoms with Crippen LogP contribution >= 0.6 is 23.6 Å². The van der Waals surface area contributed by atoms with Gasteiger partial charge in [0.25, 0.3) is 0 Å². The molecule has 0 bridgehead atoms. The molecule has 2 rings (SSSR count). The minimum Gasteiger partial charge on any atom is -0.362 e. The first-order valence-electron chi connectivity index (χ1n) is 6.76. The predicted octanol–water partition coefficient (Wildman–Crippen LogP) is 4.21. The second kappa shape index (κ2) is 7.36. The topological polar surface area (TPSA) is 37.0 Å². The van der Waals surface area contributed by atoms with Crippen LogP contribution in [0.25, 0.3) is 11.3 Å². The molecule has 1 aromatic carbocycles. The van der Waals surface area contributed by atoms with Gasteiger partial charge in [-0.1, -0.05) is 25.5 Å². The molecule has 0 radical (unpaired) electrons. The molecule has 0 aliphatic heterocycles. The molecule has 0 spiro atoms. The Hall–Kier alpha value is -1.46. The van der Waals surface area contributed by atoms with Crippen molar-refractivity contribution in [1.29, 1.82) is 0 Å².